The number of fused-ring (bicyclic) bond motifs is 1. The van der Waals surface area contributed by atoms with Crippen molar-refractivity contribution in [2.75, 3.05) is 12.8 Å². The maximum Gasteiger partial charge on any atom is 0.328 e. The van der Waals surface area contributed by atoms with Crippen molar-refractivity contribution in [2.24, 2.45) is 5.92 Å². The van der Waals surface area contributed by atoms with Crippen LogP contribution in [0.25, 0.3) is 11.0 Å². The Bertz CT molecular complexity index is 637. The summed E-state index contributed by atoms with van der Waals surface area (Å²) >= 11 is 0. The van der Waals surface area contributed by atoms with Gasteiger partial charge in [-0.3, -0.25) is 4.57 Å². The molecule has 0 saturated carbocycles. The quantitative estimate of drug-likeness (QED) is 0.873. The Morgan fingerprint density at radius 3 is 2.80 bits per heavy atom. The van der Waals surface area contributed by atoms with Crippen LogP contribution in [0.2, 0.25) is 0 Å². The SMILES string of the molecule is COC(=O)C(CC(C)C)n1c(N)nc2cc(F)ccc21. The Hall–Kier alpha value is -2.11. The van der Waals surface area contributed by atoms with Gasteiger partial charge in [-0.05, 0) is 24.5 Å². The number of anilines is 1. The third kappa shape index (κ3) is 2.59. The lowest BCUT2D eigenvalue weighted by atomic mass is 10.0. The number of aromatic nitrogens is 2. The fourth-order valence-electron chi connectivity index (χ4n) is 2.31. The van der Waals surface area contributed by atoms with E-state index in [-0.39, 0.29) is 23.7 Å². The molecule has 0 aliphatic heterocycles. The fourth-order valence-corrected chi connectivity index (χ4v) is 2.31. The number of nitrogen functional groups attached to an aromatic ring is 1. The van der Waals surface area contributed by atoms with Crippen LogP contribution in [-0.4, -0.2) is 22.6 Å². The molecule has 2 rings (SSSR count). The van der Waals surface area contributed by atoms with E-state index < -0.39 is 6.04 Å². The molecule has 1 unspecified atom stereocenters. The summed E-state index contributed by atoms with van der Waals surface area (Å²) in [5.41, 5.74) is 6.95. The number of carbonyl (C=O) groups excluding carboxylic acids is 1. The summed E-state index contributed by atoms with van der Waals surface area (Å²) in [6.07, 6.45) is 0.569. The zero-order chi connectivity index (χ0) is 14.9. The highest BCUT2D eigenvalue weighted by molar-refractivity contribution is 5.83. The minimum Gasteiger partial charge on any atom is -0.467 e. The first-order chi connectivity index (χ1) is 9.43. The van der Waals surface area contributed by atoms with E-state index in [1.54, 1.807) is 10.6 Å². The molecule has 1 aromatic heterocycles. The minimum absolute atomic E-state index is 0.182. The summed E-state index contributed by atoms with van der Waals surface area (Å²) < 4.78 is 19.7. The van der Waals surface area contributed by atoms with Gasteiger partial charge in [-0.25, -0.2) is 14.2 Å². The predicted octanol–water partition coefficient (Wildman–Crippen LogP) is 2.52. The fraction of sp³-hybridized carbons (Fsp3) is 0.429. The summed E-state index contributed by atoms with van der Waals surface area (Å²) in [4.78, 5) is 16.1. The van der Waals surface area contributed by atoms with E-state index in [1.807, 2.05) is 13.8 Å². The van der Waals surface area contributed by atoms with Gasteiger partial charge in [0.2, 0.25) is 5.95 Å². The average molecular weight is 279 g/mol. The summed E-state index contributed by atoms with van der Waals surface area (Å²) in [5.74, 6) is -0.312. The van der Waals surface area contributed by atoms with Crippen molar-refractivity contribution in [3.8, 4) is 0 Å². The summed E-state index contributed by atoms with van der Waals surface area (Å²) in [6, 6.07) is 3.63. The highest BCUT2D eigenvalue weighted by atomic mass is 19.1. The highest BCUT2D eigenvalue weighted by Crippen LogP contribution is 2.28. The first-order valence-electron chi connectivity index (χ1n) is 6.44. The Labute approximate surface area is 116 Å². The number of rotatable bonds is 4. The van der Waals surface area contributed by atoms with Crippen LogP contribution in [0.1, 0.15) is 26.3 Å². The highest BCUT2D eigenvalue weighted by Gasteiger charge is 2.26. The van der Waals surface area contributed by atoms with E-state index in [1.165, 1.54) is 19.2 Å². The molecule has 0 bridgehead atoms. The first kappa shape index (κ1) is 14.3. The van der Waals surface area contributed by atoms with Crippen molar-refractivity contribution in [3.63, 3.8) is 0 Å². The van der Waals surface area contributed by atoms with E-state index in [0.29, 0.717) is 17.5 Å². The molecule has 0 radical (unpaired) electrons. The molecule has 0 saturated heterocycles. The number of methoxy groups -OCH3 is 1. The number of imidazole rings is 1. The smallest absolute Gasteiger partial charge is 0.328 e. The zero-order valence-corrected chi connectivity index (χ0v) is 11.8. The maximum atomic E-state index is 13.2. The molecule has 0 amide bonds. The van der Waals surface area contributed by atoms with Gasteiger partial charge in [-0.15, -0.1) is 0 Å². The standard InChI is InChI=1S/C14H18FN3O2/c1-8(2)6-12(13(19)20-3)18-11-5-4-9(15)7-10(11)17-14(18)16/h4-5,7-8,12H,6H2,1-3H3,(H2,16,17). The number of hydrogen-bond donors (Lipinski definition) is 1. The molecule has 1 atom stereocenters. The van der Waals surface area contributed by atoms with Crippen LogP contribution >= 0.6 is 0 Å². The van der Waals surface area contributed by atoms with Crippen LogP contribution in [0, 0.1) is 11.7 Å². The maximum absolute atomic E-state index is 13.2. The molecule has 0 aliphatic carbocycles. The second kappa shape index (κ2) is 5.48. The van der Waals surface area contributed by atoms with Crippen molar-refractivity contribution in [1.29, 1.82) is 0 Å². The summed E-state index contributed by atoms with van der Waals surface area (Å²) in [7, 11) is 1.34. The van der Waals surface area contributed by atoms with Crippen LogP contribution in [0.4, 0.5) is 10.3 Å². The number of hydrogen-bond acceptors (Lipinski definition) is 4. The van der Waals surface area contributed by atoms with Gasteiger partial charge < -0.3 is 10.5 Å². The summed E-state index contributed by atoms with van der Waals surface area (Å²) in [6.45, 7) is 4.01. The van der Waals surface area contributed by atoms with Crippen molar-refractivity contribution >= 4 is 23.0 Å². The molecule has 0 fully saturated rings. The van der Waals surface area contributed by atoms with Gasteiger partial charge in [0.1, 0.15) is 11.9 Å². The Morgan fingerprint density at radius 2 is 2.20 bits per heavy atom. The molecule has 1 heterocycles. The Balaban J connectivity index is 2.57. The molecule has 2 aromatic rings. The molecular formula is C14H18FN3O2. The molecule has 6 heteroatoms. The lowest BCUT2D eigenvalue weighted by Gasteiger charge is -2.20. The van der Waals surface area contributed by atoms with E-state index in [0.717, 1.165) is 0 Å². The van der Waals surface area contributed by atoms with Gasteiger partial charge in [0.05, 0.1) is 18.1 Å². The Morgan fingerprint density at radius 1 is 1.50 bits per heavy atom. The lowest BCUT2D eigenvalue weighted by Crippen LogP contribution is -2.23. The third-order valence-corrected chi connectivity index (χ3v) is 3.16. The van der Waals surface area contributed by atoms with Gasteiger partial charge in [-0.1, -0.05) is 13.8 Å². The number of esters is 1. The van der Waals surface area contributed by atoms with Crippen molar-refractivity contribution in [2.45, 2.75) is 26.3 Å². The lowest BCUT2D eigenvalue weighted by molar-refractivity contribution is -0.145. The number of nitrogens with zero attached hydrogens (tertiary/aromatic N) is 2. The van der Waals surface area contributed by atoms with Crippen molar-refractivity contribution in [1.82, 2.24) is 9.55 Å². The molecule has 2 N–H and O–H groups in total. The number of ether oxygens (including phenoxy) is 1. The minimum atomic E-state index is -0.560. The van der Waals surface area contributed by atoms with Crippen LogP contribution < -0.4 is 5.73 Å². The number of carbonyl (C=O) groups is 1. The molecule has 20 heavy (non-hydrogen) atoms. The number of nitrogens with two attached hydrogens (primary N) is 1. The van der Waals surface area contributed by atoms with Gasteiger partial charge in [-0.2, -0.15) is 0 Å². The van der Waals surface area contributed by atoms with Crippen LogP contribution in [-0.2, 0) is 9.53 Å². The van der Waals surface area contributed by atoms with Crippen LogP contribution in [0.15, 0.2) is 18.2 Å². The molecule has 0 aliphatic rings. The molecule has 0 spiro atoms. The summed E-state index contributed by atoms with van der Waals surface area (Å²) in [5, 5.41) is 0. The second-order valence-corrected chi connectivity index (χ2v) is 5.14. The first-order valence-corrected chi connectivity index (χ1v) is 6.44. The van der Waals surface area contributed by atoms with Gasteiger partial charge in [0, 0.05) is 6.07 Å². The van der Waals surface area contributed by atoms with Crippen LogP contribution in [0.5, 0.6) is 0 Å². The normalized spacial score (nSPS) is 12.8. The second-order valence-electron chi connectivity index (χ2n) is 5.14. The van der Waals surface area contributed by atoms with E-state index >= 15 is 0 Å². The van der Waals surface area contributed by atoms with Gasteiger partial charge in [0.15, 0.2) is 0 Å². The third-order valence-electron chi connectivity index (χ3n) is 3.16. The number of halogens is 1. The molecule has 108 valence electrons. The molecule has 1 aromatic carbocycles. The van der Waals surface area contributed by atoms with Crippen molar-refractivity contribution < 1.29 is 13.9 Å². The van der Waals surface area contributed by atoms with Gasteiger partial charge in [0.25, 0.3) is 0 Å². The number of benzene rings is 1. The zero-order valence-electron chi connectivity index (χ0n) is 11.8. The van der Waals surface area contributed by atoms with Crippen LogP contribution in [0.3, 0.4) is 0 Å². The van der Waals surface area contributed by atoms with Gasteiger partial charge >= 0.3 is 5.97 Å². The monoisotopic (exact) mass is 279 g/mol. The Kier molecular flexibility index (Phi) is 3.92. The van der Waals surface area contributed by atoms with E-state index in [2.05, 4.69) is 4.98 Å². The van der Waals surface area contributed by atoms with E-state index in [9.17, 15) is 9.18 Å². The largest absolute Gasteiger partial charge is 0.467 e. The average Bonchev–Trinajstić information content (AvgIpc) is 2.69. The topological polar surface area (TPSA) is 70.1 Å². The van der Waals surface area contributed by atoms with Crippen molar-refractivity contribution in [3.05, 3.63) is 24.0 Å². The predicted molar refractivity (Wildman–Crippen MR) is 74.6 cm³/mol. The molecular weight excluding hydrogens is 261 g/mol. The van der Waals surface area contributed by atoms with E-state index in [4.69, 9.17) is 10.5 Å². The molecule has 5 nitrogen and oxygen atoms in total.